The first-order valence-electron chi connectivity index (χ1n) is 6.66. The molecular formula is C15H23NO3S. The van der Waals surface area contributed by atoms with Gasteiger partial charge in [-0.25, -0.2) is 0 Å². The van der Waals surface area contributed by atoms with Crippen molar-refractivity contribution in [1.82, 2.24) is 0 Å². The van der Waals surface area contributed by atoms with Crippen LogP contribution in [0, 0.1) is 13.8 Å². The largest absolute Gasteiger partial charge is 0.491 e. The fourth-order valence-corrected chi connectivity index (χ4v) is 2.05. The third-order valence-electron chi connectivity index (χ3n) is 2.86. The molecule has 0 unspecified atom stereocenters. The normalized spacial score (nSPS) is 10.6. The van der Waals surface area contributed by atoms with Gasteiger partial charge in [-0.1, -0.05) is 12.2 Å². The molecule has 1 aromatic carbocycles. The SMILES string of the molecule is COCCCOCCOc1c(C)cc(C(N)=S)cc1C. The molecule has 0 heterocycles. The van der Waals surface area contributed by atoms with E-state index in [1.54, 1.807) is 7.11 Å². The second kappa shape index (κ2) is 8.89. The highest BCUT2D eigenvalue weighted by Gasteiger charge is 2.07. The third kappa shape index (κ3) is 5.45. The molecule has 0 aliphatic rings. The van der Waals surface area contributed by atoms with Crippen LogP contribution in [0.2, 0.25) is 0 Å². The summed E-state index contributed by atoms with van der Waals surface area (Å²) >= 11 is 4.99. The summed E-state index contributed by atoms with van der Waals surface area (Å²) in [7, 11) is 1.69. The van der Waals surface area contributed by atoms with Crippen LogP contribution < -0.4 is 10.5 Å². The topological polar surface area (TPSA) is 53.7 Å². The average molecular weight is 297 g/mol. The summed E-state index contributed by atoms with van der Waals surface area (Å²) in [6.07, 6.45) is 0.900. The lowest BCUT2D eigenvalue weighted by Crippen LogP contribution is -2.12. The van der Waals surface area contributed by atoms with Gasteiger partial charge in [-0.05, 0) is 43.5 Å². The molecule has 5 heteroatoms. The van der Waals surface area contributed by atoms with Crippen molar-refractivity contribution in [2.45, 2.75) is 20.3 Å². The zero-order valence-electron chi connectivity index (χ0n) is 12.4. The maximum Gasteiger partial charge on any atom is 0.125 e. The number of aryl methyl sites for hydroxylation is 2. The van der Waals surface area contributed by atoms with Gasteiger partial charge in [0, 0.05) is 25.9 Å². The van der Waals surface area contributed by atoms with Crippen molar-refractivity contribution < 1.29 is 14.2 Å². The van der Waals surface area contributed by atoms with Crippen molar-refractivity contribution in [3.05, 3.63) is 28.8 Å². The average Bonchev–Trinajstić information content (AvgIpc) is 2.40. The summed E-state index contributed by atoms with van der Waals surface area (Å²) in [5.41, 5.74) is 8.58. The maximum atomic E-state index is 5.77. The lowest BCUT2D eigenvalue weighted by atomic mass is 10.1. The molecule has 4 nitrogen and oxygen atoms in total. The summed E-state index contributed by atoms with van der Waals surface area (Å²) in [6.45, 7) is 6.49. The van der Waals surface area contributed by atoms with E-state index in [1.165, 1.54) is 0 Å². The first-order valence-corrected chi connectivity index (χ1v) is 7.07. The number of benzene rings is 1. The summed E-state index contributed by atoms with van der Waals surface area (Å²) in [5.74, 6) is 0.880. The summed E-state index contributed by atoms with van der Waals surface area (Å²) in [5, 5.41) is 0. The molecule has 0 fully saturated rings. The molecule has 112 valence electrons. The first-order chi connectivity index (χ1) is 9.56. The van der Waals surface area contributed by atoms with Gasteiger partial charge in [0.1, 0.15) is 17.3 Å². The molecule has 1 aromatic rings. The van der Waals surface area contributed by atoms with Gasteiger partial charge >= 0.3 is 0 Å². The van der Waals surface area contributed by atoms with E-state index in [2.05, 4.69) is 0 Å². The van der Waals surface area contributed by atoms with E-state index in [0.29, 0.717) is 24.8 Å². The molecule has 0 aromatic heterocycles. The van der Waals surface area contributed by atoms with E-state index in [1.807, 2.05) is 26.0 Å². The molecule has 0 radical (unpaired) electrons. The Morgan fingerprint density at radius 1 is 1.10 bits per heavy atom. The van der Waals surface area contributed by atoms with Crippen LogP contribution in [0.3, 0.4) is 0 Å². The van der Waals surface area contributed by atoms with Crippen molar-refractivity contribution >= 4 is 17.2 Å². The van der Waals surface area contributed by atoms with Crippen molar-refractivity contribution in [3.8, 4) is 5.75 Å². The number of methoxy groups -OCH3 is 1. The van der Waals surface area contributed by atoms with E-state index in [4.69, 9.17) is 32.2 Å². The Bertz CT molecular complexity index is 426. The highest BCUT2D eigenvalue weighted by Crippen LogP contribution is 2.24. The van der Waals surface area contributed by atoms with E-state index in [0.717, 1.165) is 35.5 Å². The monoisotopic (exact) mass is 297 g/mol. The first kappa shape index (κ1) is 16.9. The fourth-order valence-electron chi connectivity index (χ4n) is 1.93. The van der Waals surface area contributed by atoms with E-state index in [9.17, 15) is 0 Å². The highest BCUT2D eigenvalue weighted by molar-refractivity contribution is 7.80. The Balaban J connectivity index is 2.42. The van der Waals surface area contributed by atoms with Crippen molar-refractivity contribution in [2.24, 2.45) is 5.73 Å². The van der Waals surface area contributed by atoms with Crippen molar-refractivity contribution in [3.63, 3.8) is 0 Å². The lowest BCUT2D eigenvalue weighted by Gasteiger charge is -2.14. The molecule has 0 amide bonds. The molecule has 2 N–H and O–H groups in total. The molecule has 0 saturated heterocycles. The lowest BCUT2D eigenvalue weighted by molar-refractivity contribution is 0.0803. The summed E-state index contributed by atoms with van der Waals surface area (Å²) in [6, 6.07) is 3.90. The molecular weight excluding hydrogens is 274 g/mol. The van der Waals surface area contributed by atoms with Gasteiger partial charge in [-0.3, -0.25) is 0 Å². The number of thiocarbonyl (C=S) groups is 1. The van der Waals surface area contributed by atoms with Gasteiger partial charge in [0.05, 0.1) is 6.61 Å². The maximum absolute atomic E-state index is 5.77. The quantitative estimate of drug-likeness (QED) is 0.560. The van der Waals surface area contributed by atoms with Crippen LogP contribution in [0.5, 0.6) is 5.75 Å². The van der Waals surface area contributed by atoms with Crippen LogP contribution in [0.1, 0.15) is 23.1 Å². The second-order valence-corrected chi connectivity index (χ2v) is 5.05. The number of hydrogen-bond donors (Lipinski definition) is 1. The number of ether oxygens (including phenoxy) is 3. The summed E-state index contributed by atoms with van der Waals surface area (Å²) < 4.78 is 16.2. The number of hydrogen-bond acceptors (Lipinski definition) is 4. The van der Waals surface area contributed by atoms with E-state index < -0.39 is 0 Å². The molecule has 1 rings (SSSR count). The molecule has 20 heavy (non-hydrogen) atoms. The van der Waals surface area contributed by atoms with Crippen LogP contribution in [0.25, 0.3) is 0 Å². The Hall–Kier alpha value is -1.17. The predicted molar refractivity (Wildman–Crippen MR) is 84.6 cm³/mol. The van der Waals surface area contributed by atoms with E-state index >= 15 is 0 Å². The zero-order chi connectivity index (χ0) is 15.0. The summed E-state index contributed by atoms with van der Waals surface area (Å²) in [4.78, 5) is 0.407. The standard InChI is InChI=1S/C15H23NO3S/c1-11-9-13(15(16)20)10-12(2)14(11)19-8-7-18-6-4-5-17-3/h9-10H,4-8H2,1-3H3,(H2,16,20). The predicted octanol–water partition coefficient (Wildman–Crippen LogP) is 2.37. The van der Waals surface area contributed by atoms with Crippen LogP contribution in [-0.4, -0.2) is 38.5 Å². The molecule has 0 spiro atoms. The smallest absolute Gasteiger partial charge is 0.125 e. The Labute approximate surface area is 126 Å². The van der Waals surface area contributed by atoms with E-state index in [-0.39, 0.29) is 0 Å². The van der Waals surface area contributed by atoms with Gasteiger partial charge in [0.15, 0.2) is 0 Å². The van der Waals surface area contributed by atoms with Crippen molar-refractivity contribution in [1.29, 1.82) is 0 Å². The van der Waals surface area contributed by atoms with Crippen LogP contribution in [0.4, 0.5) is 0 Å². The van der Waals surface area contributed by atoms with Gasteiger partial charge in [0.25, 0.3) is 0 Å². The Kier molecular flexibility index (Phi) is 7.51. The highest BCUT2D eigenvalue weighted by atomic mass is 32.1. The Morgan fingerprint density at radius 3 is 2.30 bits per heavy atom. The number of rotatable bonds is 9. The molecule has 0 aliphatic carbocycles. The second-order valence-electron chi connectivity index (χ2n) is 4.61. The zero-order valence-corrected chi connectivity index (χ0v) is 13.2. The van der Waals surface area contributed by atoms with Gasteiger partial charge in [-0.15, -0.1) is 0 Å². The van der Waals surface area contributed by atoms with Gasteiger partial charge in [0.2, 0.25) is 0 Å². The fraction of sp³-hybridized carbons (Fsp3) is 0.533. The van der Waals surface area contributed by atoms with Crippen molar-refractivity contribution in [2.75, 3.05) is 33.5 Å². The van der Waals surface area contributed by atoms with Crippen LogP contribution in [0.15, 0.2) is 12.1 Å². The molecule has 0 saturated carbocycles. The van der Waals surface area contributed by atoms with Crippen LogP contribution >= 0.6 is 12.2 Å². The minimum atomic E-state index is 0.407. The van der Waals surface area contributed by atoms with Crippen LogP contribution in [-0.2, 0) is 9.47 Å². The van der Waals surface area contributed by atoms with Gasteiger partial charge in [-0.2, -0.15) is 0 Å². The molecule has 0 atom stereocenters. The minimum absolute atomic E-state index is 0.407. The molecule has 0 bridgehead atoms. The minimum Gasteiger partial charge on any atom is -0.491 e. The third-order valence-corrected chi connectivity index (χ3v) is 3.09. The number of nitrogens with two attached hydrogens (primary N) is 1. The molecule has 0 aliphatic heterocycles. The Morgan fingerprint density at radius 2 is 1.75 bits per heavy atom. The van der Waals surface area contributed by atoms with Gasteiger partial charge < -0.3 is 19.9 Å².